The van der Waals surface area contributed by atoms with Crippen LogP contribution >= 0.6 is 0 Å². The summed E-state index contributed by atoms with van der Waals surface area (Å²) in [6, 6.07) is 0. The Kier molecular flexibility index (Phi) is 2.26. The van der Waals surface area contributed by atoms with Crippen LogP contribution in [0.2, 0.25) is 0 Å². The van der Waals surface area contributed by atoms with Gasteiger partial charge in [0.15, 0.2) is 5.37 Å². The standard InChI is InChI=1S/C5H8N2O5S/c1-3(8)6-7-4(9)2-5(7)13(10,11)12/h5H,2H2,1H3,(H,6,8)(H,10,11,12). The van der Waals surface area contributed by atoms with Crippen LogP contribution in [0.4, 0.5) is 0 Å². The van der Waals surface area contributed by atoms with Gasteiger partial charge in [0.25, 0.3) is 10.1 Å². The molecule has 0 spiro atoms. The first-order valence-corrected chi connectivity index (χ1v) is 4.88. The smallest absolute Gasteiger partial charge is 0.284 e. The number of carbonyl (C=O) groups excluding carboxylic acids is 2. The van der Waals surface area contributed by atoms with Crippen molar-refractivity contribution in [1.82, 2.24) is 10.4 Å². The van der Waals surface area contributed by atoms with E-state index in [0.717, 1.165) is 6.92 Å². The van der Waals surface area contributed by atoms with E-state index in [1.54, 1.807) is 0 Å². The van der Waals surface area contributed by atoms with Crippen LogP contribution in [-0.2, 0) is 19.7 Å². The summed E-state index contributed by atoms with van der Waals surface area (Å²) in [5.41, 5.74) is 1.99. The molecule has 0 aromatic rings. The molecule has 0 aromatic heterocycles. The summed E-state index contributed by atoms with van der Waals surface area (Å²) in [7, 11) is -4.30. The molecule has 1 saturated heterocycles. The molecule has 1 aliphatic rings. The molecule has 1 fully saturated rings. The maximum absolute atomic E-state index is 10.8. The Balaban J connectivity index is 2.73. The number of β-lactam (4-membered cyclic amide) rings is 1. The number of carbonyl (C=O) groups is 2. The van der Waals surface area contributed by atoms with Gasteiger partial charge in [0.05, 0.1) is 6.42 Å². The molecule has 13 heavy (non-hydrogen) atoms. The first kappa shape index (κ1) is 9.93. The number of hydrogen-bond acceptors (Lipinski definition) is 4. The van der Waals surface area contributed by atoms with E-state index in [-0.39, 0.29) is 6.42 Å². The van der Waals surface area contributed by atoms with Crippen molar-refractivity contribution >= 4 is 21.9 Å². The average Bonchev–Trinajstić information content (AvgIpc) is 1.93. The van der Waals surface area contributed by atoms with Gasteiger partial charge in [0.1, 0.15) is 0 Å². The summed E-state index contributed by atoms with van der Waals surface area (Å²) in [6.07, 6.45) is -0.306. The van der Waals surface area contributed by atoms with Crippen LogP contribution in [0.25, 0.3) is 0 Å². The highest BCUT2D eigenvalue weighted by atomic mass is 32.2. The Morgan fingerprint density at radius 1 is 1.69 bits per heavy atom. The van der Waals surface area contributed by atoms with Crippen LogP contribution in [0.15, 0.2) is 0 Å². The van der Waals surface area contributed by atoms with Gasteiger partial charge in [0, 0.05) is 6.92 Å². The fourth-order valence-corrected chi connectivity index (χ4v) is 1.72. The van der Waals surface area contributed by atoms with E-state index < -0.39 is 27.3 Å². The number of rotatable bonds is 2. The van der Waals surface area contributed by atoms with Gasteiger partial charge >= 0.3 is 0 Å². The predicted octanol–water partition coefficient (Wildman–Crippen LogP) is -1.52. The first-order valence-electron chi connectivity index (χ1n) is 3.38. The van der Waals surface area contributed by atoms with E-state index in [0.29, 0.717) is 5.01 Å². The largest absolute Gasteiger partial charge is 0.288 e. The van der Waals surface area contributed by atoms with Crippen molar-refractivity contribution in [2.75, 3.05) is 0 Å². The van der Waals surface area contributed by atoms with Gasteiger partial charge in [0.2, 0.25) is 11.8 Å². The second-order valence-corrected chi connectivity index (χ2v) is 4.18. The molecule has 1 atom stereocenters. The molecule has 1 unspecified atom stereocenters. The molecule has 74 valence electrons. The molecule has 8 heteroatoms. The lowest BCUT2D eigenvalue weighted by atomic mass is 10.2. The minimum absolute atomic E-state index is 0.306. The molecule has 2 N–H and O–H groups in total. The van der Waals surface area contributed by atoms with Gasteiger partial charge in [-0.3, -0.25) is 19.6 Å². The minimum atomic E-state index is -4.30. The summed E-state index contributed by atoms with van der Waals surface area (Å²) in [5, 5.41) is -0.749. The van der Waals surface area contributed by atoms with Gasteiger partial charge in [-0.25, -0.2) is 5.01 Å². The van der Waals surface area contributed by atoms with Crippen LogP contribution in [0.3, 0.4) is 0 Å². The Morgan fingerprint density at radius 3 is 2.54 bits per heavy atom. The Labute approximate surface area is 74.4 Å². The maximum Gasteiger partial charge on any atom is 0.288 e. The van der Waals surface area contributed by atoms with Crippen molar-refractivity contribution in [3.63, 3.8) is 0 Å². The number of hydrazine groups is 1. The number of amides is 2. The molecule has 7 nitrogen and oxygen atoms in total. The van der Waals surface area contributed by atoms with Crippen molar-refractivity contribution in [2.24, 2.45) is 0 Å². The number of nitrogens with one attached hydrogen (secondary N) is 1. The lowest BCUT2D eigenvalue weighted by Gasteiger charge is -2.36. The average molecular weight is 208 g/mol. The van der Waals surface area contributed by atoms with Crippen molar-refractivity contribution < 1.29 is 22.6 Å². The Hall–Kier alpha value is -1.15. The lowest BCUT2D eigenvalue weighted by Crippen LogP contribution is -2.63. The Morgan fingerprint density at radius 2 is 2.23 bits per heavy atom. The van der Waals surface area contributed by atoms with Gasteiger partial charge in [-0.05, 0) is 0 Å². The predicted molar refractivity (Wildman–Crippen MR) is 40.6 cm³/mol. The summed E-state index contributed by atoms with van der Waals surface area (Å²) in [5.74, 6) is -1.11. The van der Waals surface area contributed by atoms with Crippen LogP contribution in [0, 0.1) is 0 Å². The van der Waals surface area contributed by atoms with E-state index in [1.165, 1.54) is 0 Å². The van der Waals surface area contributed by atoms with Gasteiger partial charge in [-0.15, -0.1) is 0 Å². The fourth-order valence-electron chi connectivity index (χ4n) is 0.930. The van der Waals surface area contributed by atoms with Crippen molar-refractivity contribution in [3.8, 4) is 0 Å². The monoisotopic (exact) mass is 208 g/mol. The van der Waals surface area contributed by atoms with Crippen molar-refractivity contribution in [2.45, 2.75) is 18.7 Å². The SMILES string of the molecule is CC(=O)NN1C(=O)CC1S(=O)(=O)O. The molecule has 0 bridgehead atoms. The van der Waals surface area contributed by atoms with E-state index >= 15 is 0 Å². The molecular formula is C5H8N2O5S. The van der Waals surface area contributed by atoms with E-state index in [9.17, 15) is 18.0 Å². The molecular weight excluding hydrogens is 200 g/mol. The molecule has 0 aromatic carbocycles. The van der Waals surface area contributed by atoms with Crippen molar-refractivity contribution in [1.29, 1.82) is 0 Å². The summed E-state index contributed by atoms with van der Waals surface area (Å²) in [4.78, 5) is 21.2. The lowest BCUT2D eigenvalue weighted by molar-refractivity contribution is -0.152. The van der Waals surface area contributed by atoms with Crippen molar-refractivity contribution in [3.05, 3.63) is 0 Å². The fraction of sp³-hybridized carbons (Fsp3) is 0.600. The third-order valence-electron chi connectivity index (χ3n) is 1.53. The zero-order valence-corrected chi connectivity index (χ0v) is 7.54. The number of hydrogen-bond donors (Lipinski definition) is 2. The topological polar surface area (TPSA) is 104 Å². The highest BCUT2D eigenvalue weighted by Gasteiger charge is 2.45. The van der Waals surface area contributed by atoms with E-state index in [1.807, 2.05) is 5.43 Å². The quantitative estimate of drug-likeness (QED) is 0.424. The molecule has 2 amide bonds. The van der Waals surface area contributed by atoms with E-state index in [4.69, 9.17) is 4.55 Å². The van der Waals surface area contributed by atoms with Crippen LogP contribution in [-0.4, -0.2) is 35.2 Å². The highest BCUT2D eigenvalue weighted by Crippen LogP contribution is 2.20. The second-order valence-electron chi connectivity index (χ2n) is 2.61. The minimum Gasteiger partial charge on any atom is -0.284 e. The molecule has 0 saturated carbocycles. The molecule has 1 aliphatic heterocycles. The zero-order valence-electron chi connectivity index (χ0n) is 6.72. The second kappa shape index (κ2) is 2.96. The summed E-state index contributed by atoms with van der Waals surface area (Å²) < 4.78 is 29.7. The maximum atomic E-state index is 10.8. The van der Waals surface area contributed by atoms with Crippen LogP contribution in [0.5, 0.6) is 0 Å². The summed E-state index contributed by atoms with van der Waals surface area (Å²) >= 11 is 0. The Bertz CT molecular complexity index is 348. The summed E-state index contributed by atoms with van der Waals surface area (Å²) in [6.45, 7) is 1.13. The molecule has 1 heterocycles. The normalized spacial score (nSPS) is 22.5. The van der Waals surface area contributed by atoms with Crippen LogP contribution in [0.1, 0.15) is 13.3 Å². The highest BCUT2D eigenvalue weighted by molar-refractivity contribution is 7.86. The zero-order chi connectivity index (χ0) is 10.2. The van der Waals surface area contributed by atoms with Crippen LogP contribution < -0.4 is 5.43 Å². The first-order chi connectivity index (χ1) is 5.82. The molecule has 0 aliphatic carbocycles. The van der Waals surface area contributed by atoms with Gasteiger partial charge < -0.3 is 0 Å². The number of nitrogens with zero attached hydrogens (tertiary/aromatic N) is 1. The van der Waals surface area contributed by atoms with E-state index in [2.05, 4.69) is 0 Å². The molecule has 1 rings (SSSR count). The van der Waals surface area contributed by atoms with Gasteiger partial charge in [-0.2, -0.15) is 8.42 Å². The third-order valence-corrected chi connectivity index (χ3v) is 2.59. The van der Waals surface area contributed by atoms with Gasteiger partial charge in [-0.1, -0.05) is 0 Å². The molecule has 0 radical (unpaired) electrons. The third kappa shape index (κ3) is 1.95.